The van der Waals surface area contributed by atoms with Gasteiger partial charge in [-0.15, -0.1) is 0 Å². The predicted molar refractivity (Wildman–Crippen MR) is 301 cm³/mol. The number of unbranched alkanes of at least 4 members (excludes halogenated alkanes) is 2. The maximum atomic E-state index is 13.4. The average molecular weight is 1170 g/mol. The second-order valence-corrected chi connectivity index (χ2v) is 25.2. The number of sulfonamides is 1. The zero-order chi connectivity index (χ0) is 54.8. The van der Waals surface area contributed by atoms with Gasteiger partial charge in [-0.05, 0) is 147 Å². The largest absolute Gasteiger partial charge is 0.379 e. The molecule has 0 aliphatic carbocycles. The van der Waals surface area contributed by atoms with Crippen LogP contribution >= 0.6 is 46.4 Å². The van der Waals surface area contributed by atoms with Gasteiger partial charge in [0.1, 0.15) is 5.78 Å². The molecule has 0 radical (unpaired) electrons. The highest BCUT2D eigenvalue weighted by molar-refractivity contribution is 7.91. The number of fused-ring (bicyclic) bond motifs is 2. The number of hydrogen-bond donors (Lipinski definition) is 3. The summed E-state index contributed by atoms with van der Waals surface area (Å²) in [5, 5.41) is 7.89. The minimum Gasteiger partial charge on any atom is -0.379 e. The van der Waals surface area contributed by atoms with Crippen LogP contribution < -0.4 is 15.4 Å². The highest BCUT2D eigenvalue weighted by Crippen LogP contribution is 2.41. The number of Topliss-reactive ketones (excluding diaryl/α,β-unsaturated/α-hetero) is 1. The molecule has 2 atom stereocenters. The molecule has 0 spiro atoms. The number of likely N-dealkylation sites (N-methyl/N-ethyl adjacent to an activating group) is 2. The van der Waals surface area contributed by atoms with Gasteiger partial charge in [-0.25, -0.2) is 26.4 Å². The van der Waals surface area contributed by atoms with Crippen molar-refractivity contribution in [2.75, 3.05) is 105 Å². The van der Waals surface area contributed by atoms with E-state index in [9.17, 15) is 26.4 Å². The summed E-state index contributed by atoms with van der Waals surface area (Å²) in [6, 6.07) is 17.6. The molecule has 0 bridgehead atoms. The molecule has 0 aromatic heterocycles. The summed E-state index contributed by atoms with van der Waals surface area (Å²) >= 11 is 25.9. The molecule has 418 valence electrons. The number of halogens is 4. The van der Waals surface area contributed by atoms with Crippen molar-refractivity contribution >= 4 is 78.1 Å². The van der Waals surface area contributed by atoms with E-state index in [1.165, 1.54) is 0 Å². The Labute approximate surface area is 469 Å². The van der Waals surface area contributed by atoms with Crippen molar-refractivity contribution in [1.82, 2.24) is 25.2 Å². The monoisotopic (exact) mass is 1170 g/mol. The molecule has 2 heterocycles. The van der Waals surface area contributed by atoms with E-state index in [1.807, 2.05) is 52.2 Å². The van der Waals surface area contributed by atoms with Crippen molar-refractivity contribution in [2.24, 2.45) is 0 Å². The number of urea groups is 1. The number of sulfone groups is 1. The van der Waals surface area contributed by atoms with Crippen LogP contribution in [0.5, 0.6) is 0 Å². The summed E-state index contributed by atoms with van der Waals surface area (Å²) < 4.78 is 78.3. The Morgan fingerprint density at radius 3 is 1.62 bits per heavy atom. The predicted octanol–water partition coefficient (Wildman–Crippen LogP) is 9.49. The first-order valence-electron chi connectivity index (χ1n) is 25.9. The van der Waals surface area contributed by atoms with Crippen molar-refractivity contribution in [3.63, 3.8) is 0 Å². The van der Waals surface area contributed by atoms with Gasteiger partial charge in [0.25, 0.3) is 0 Å². The number of carbonyl (C=O) groups is 2. The third kappa shape index (κ3) is 18.6. The summed E-state index contributed by atoms with van der Waals surface area (Å²) in [6.07, 6.45) is 4.13. The average Bonchev–Trinajstić information content (AvgIpc) is 3.36. The molecule has 0 fully saturated rings. The standard InChI is InChI=1S/C55H73Cl4N5O10S2/c1-38-12-14-43(32-45(38)49-34-63(3)36-51-47(49)28-40(56)30-53(51)58)75(67,68)27-9-20-72-24-25-73-21-17-61-55(66)60-16-7-5-6-10-42(65)11-8-19-71-23-26-74-22-18-62-76(69,70)44-15-13-39(2)46(33-44)50-35-64(4)37-52-48(50)29-41(57)31-54(52)59/h12-15,28-33,49-50,62H,5-11,16-27,34-37H2,1-4H3,(H2,60,61,66). The summed E-state index contributed by atoms with van der Waals surface area (Å²) in [5.41, 5.74) is 7.88. The molecule has 4 aromatic rings. The molecule has 3 N–H and O–H groups in total. The Balaban J connectivity index is 0.719. The van der Waals surface area contributed by atoms with Crippen LogP contribution in [-0.4, -0.2) is 144 Å². The maximum Gasteiger partial charge on any atom is 0.314 e. The number of amides is 2. The minimum atomic E-state index is -3.80. The highest BCUT2D eigenvalue weighted by Gasteiger charge is 2.31. The van der Waals surface area contributed by atoms with Crippen molar-refractivity contribution in [2.45, 2.75) is 93.5 Å². The molecular weight excluding hydrogens is 1100 g/mol. The number of hydrogen-bond acceptors (Lipinski definition) is 12. The molecule has 6 rings (SSSR count). The maximum absolute atomic E-state index is 13.4. The summed E-state index contributed by atoms with van der Waals surface area (Å²) in [6.45, 7) is 10.1. The molecule has 0 saturated carbocycles. The van der Waals surface area contributed by atoms with Crippen LogP contribution in [0.3, 0.4) is 0 Å². The van der Waals surface area contributed by atoms with Crippen molar-refractivity contribution in [3.05, 3.63) is 125 Å². The van der Waals surface area contributed by atoms with E-state index in [1.54, 1.807) is 36.4 Å². The topological polar surface area (TPSA) is 182 Å². The number of nitrogens with one attached hydrogen (secondary N) is 3. The van der Waals surface area contributed by atoms with Gasteiger partial charge in [-0.2, -0.15) is 0 Å². The molecular formula is C55H73Cl4N5O10S2. The van der Waals surface area contributed by atoms with E-state index in [2.05, 4.69) is 25.2 Å². The van der Waals surface area contributed by atoms with Crippen LogP contribution in [0, 0.1) is 13.8 Å². The Morgan fingerprint density at radius 1 is 0.553 bits per heavy atom. The first kappa shape index (κ1) is 61.8. The fourth-order valence-corrected chi connectivity index (χ4v) is 13.1. The van der Waals surface area contributed by atoms with Gasteiger partial charge in [0.2, 0.25) is 10.0 Å². The third-order valence-electron chi connectivity index (χ3n) is 13.6. The smallest absolute Gasteiger partial charge is 0.314 e. The van der Waals surface area contributed by atoms with Gasteiger partial charge in [0.05, 0.1) is 55.2 Å². The van der Waals surface area contributed by atoms with Crippen LogP contribution in [-0.2, 0) is 56.7 Å². The summed E-state index contributed by atoms with van der Waals surface area (Å²) in [5.74, 6) is -0.0405. The minimum absolute atomic E-state index is 0.0499. The summed E-state index contributed by atoms with van der Waals surface area (Å²) in [7, 11) is -3.31. The molecule has 2 amide bonds. The van der Waals surface area contributed by atoms with E-state index < -0.39 is 19.9 Å². The molecule has 15 nitrogen and oxygen atoms in total. The fourth-order valence-electron chi connectivity index (χ4n) is 9.64. The van der Waals surface area contributed by atoms with Gasteiger partial charge in [-0.1, -0.05) is 65.0 Å². The van der Waals surface area contributed by atoms with Gasteiger partial charge in [0.15, 0.2) is 9.84 Å². The fraction of sp³-hybridized carbons (Fsp3) is 0.527. The molecule has 0 saturated heterocycles. The number of ether oxygens (including phenoxy) is 4. The SMILES string of the molecule is Cc1ccc(S(=O)(=O)CCCOCCOCCNC(=O)NCCCCCC(=O)CCCOCCOCCNS(=O)(=O)c2ccc(C)c(C3CN(C)Cc4c(Cl)cc(Cl)cc43)c2)cc1C1CN(C)Cc2c(Cl)cc(Cl)cc21. The lowest BCUT2D eigenvalue weighted by Crippen LogP contribution is -2.37. The lowest BCUT2D eigenvalue weighted by atomic mass is 9.83. The molecule has 76 heavy (non-hydrogen) atoms. The lowest BCUT2D eigenvalue weighted by Gasteiger charge is -2.34. The van der Waals surface area contributed by atoms with Crippen LogP contribution in [0.4, 0.5) is 4.79 Å². The lowest BCUT2D eigenvalue weighted by molar-refractivity contribution is -0.119. The molecule has 4 aromatic carbocycles. The first-order valence-corrected chi connectivity index (χ1v) is 30.6. The number of ketones is 1. The molecule has 21 heteroatoms. The Morgan fingerprint density at radius 2 is 1.04 bits per heavy atom. The Bertz CT molecular complexity index is 2640. The Hall–Kier alpha value is -3.40. The van der Waals surface area contributed by atoms with Gasteiger partial charge < -0.3 is 39.4 Å². The van der Waals surface area contributed by atoms with Gasteiger partial charge in [-0.3, -0.25) is 4.79 Å². The van der Waals surface area contributed by atoms with Crippen molar-refractivity contribution in [3.8, 4) is 0 Å². The van der Waals surface area contributed by atoms with E-state index in [0.717, 1.165) is 63.8 Å². The first-order chi connectivity index (χ1) is 36.3. The number of rotatable bonds is 31. The second-order valence-electron chi connectivity index (χ2n) is 19.6. The number of benzene rings is 4. The van der Waals surface area contributed by atoms with Gasteiger partial charge >= 0.3 is 6.03 Å². The summed E-state index contributed by atoms with van der Waals surface area (Å²) in [4.78, 5) is 29.3. The third-order valence-corrected chi connectivity index (χ3v) is 18.0. The number of aryl methyl sites for hydroxylation is 2. The van der Waals surface area contributed by atoms with Crippen LogP contribution in [0.15, 0.2) is 70.5 Å². The van der Waals surface area contributed by atoms with Crippen LogP contribution in [0.1, 0.15) is 101 Å². The quantitative estimate of drug-likeness (QED) is 0.0407. The molecule has 2 aliphatic heterocycles. The zero-order valence-electron chi connectivity index (χ0n) is 44.0. The zero-order valence-corrected chi connectivity index (χ0v) is 48.7. The van der Waals surface area contributed by atoms with Gasteiger partial charge in [0, 0.05) is 104 Å². The van der Waals surface area contributed by atoms with Crippen LogP contribution in [0.2, 0.25) is 20.1 Å². The van der Waals surface area contributed by atoms with E-state index in [4.69, 9.17) is 65.4 Å². The normalized spacial score (nSPS) is 16.1. The van der Waals surface area contributed by atoms with Crippen molar-refractivity contribution in [1.29, 1.82) is 0 Å². The van der Waals surface area contributed by atoms with E-state index in [0.29, 0.717) is 125 Å². The van der Waals surface area contributed by atoms with E-state index >= 15 is 0 Å². The highest BCUT2D eigenvalue weighted by atomic mass is 35.5. The van der Waals surface area contributed by atoms with Crippen LogP contribution in [0.25, 0.3) is 0 Å². The molecule has 2 aliphatic rings. The Kier molecular flexibility index (Phi) is 24.6. The molecule has 2 unspecified atom stereocenters. The number of carbonyl (C=O) groups excluding carboxylic acids is 2. The number of nitrogens with zero attached hydrogens (tertiary/aromatic N) is 2. The van der Waals surface area contributed by atoms with E-state index in [-0.39, 0.29) is 59.0 Å². The second kappa shape index (κ2) is 30.3. The van der Waals surface area contributed by atoms with Crippen molar-refractivity contribution < 1.29 is 45.4 Å².